The number of nitrogens with two attached hydrogens (primary N) is 1. The summed E-state index contributed by atoms with van der Waals surface area (Å²) < 4.78 is 3.11. The first-order chi connectivity index (χ1) is 9.13. The number of aryl methyl sites for hydroxylation is 1. The normalized spacial score (nSPS) is 11.1. The van der Waals surface area contributed by atoms with Gasteiger partial charge >= 0.3 is 0 Å². The highest BCUT2D eigenvalue weighted by atomic mass is 79.9. The van der Waals surface area contributed by atoms with Crippen LogP contribution >= 0.6 is 15.9 Å². The average Bonchev–Trinajstić information content (AvgIpc) is 2.65. The van der Waals surface area contributed by atoms with Gasteiger partial charge in [-0.05, 0) is 42.3 Å². The van der Waals surface area contributed by atoms with E-state index in [0.717, 1.165) is 22.1 Å². The molecule has 0 aliphatic carbocycles. The summed E-state index contributed by atoms with van der Waals surface area (Å²) in [6.07, 6.45) is 0. The van der Waals surface area contributed by atoms with Gasteiger partial charge in [-0.2, -0.15) is 0 Å². The molecule has 3 aromatic rings. The summed E-state index contributed by atoms with van der Waals surface area (Å²) in [5.74, 6) is 0.556. The molecule has 0 aliphatic heterocycles. The van der Waals surface area contributed by atoms with Crippen LogP contribution in [0.4, 0.5) is 5.95 Å². The fraction of sp³-hybridized carbons (Fsp3) is 0.133. The number of anilines is 1. The molecular formula is C15H14BrN3. The lowest BCUT2D eigenvalue weighted by Gasteiger charge is -2.07. The first-order valence-corrected chi connectivity index (χ1v) is 6.89. The minimum Gasteiger partial charge on any atom is -0.369 e. The van der Waals surface area contributed by atoms with Crippen LogP contribution in [0.5, 0.6) is 0 Å². The van der Waals surface area contributed by atoms with Crippen LogP contribution in [-0.4, -0.2) is 9.55 Å². The molecule has 3 nitrogen and oxygen atoms in total. The molecular weight excluding hydrogens is 302 g/mol. The maximum absolute atomic E-state index is 6.03. The standard InChI is InChI=1S/C15H14BrN3/c1-10-5-6-14-13(7-10)18-15(17)19(14)9-11-3-2-4-12(16)8-11/h2-8H,9H2,1H3,(H2,17,18). The van der Waals surface area contributed by atoms with E-state index in [1.807, 2.05) is 16.7 Å². The minimum atomic E-state index is 0.556. The maximum Gasteiger partial charge on any atom is 0.201 e. The smallest absolute Gasteiger partial charge is 0.201 e. The average molecular weight is 316 g/mol. The van der Waals surface area contributed by atoms with Crippen molar-refractivity contribution in [2.45, 2.75) is 13.5 Å². The van der Waals surface area contributed by atoms with E-state index in [9.17, 15) is 0 Å². The highest BCUT2D eigenvalue weighted by Crippen LogP contribution is 2.21. The third-order valence-electron chi connectivity index (χ3n) is 3.16. The molecule has 0 atom stereocenters. The number of halogens is 1. The Morgan fingerprint density at radius 3 is 2.84 bits per heavy atom. The molecule has 1 aromatic heterocycles. The van der Waals surface area contributed by atoms with Crippen molar-refractivity contribution in [2.75, 3.05) is 5.73 Å². The molecule has 2 aromatic carbocycles. The van der Waals surface area contributed by atoms with Crippen molar-refractivity contribution < 1.29 is 0 Å². The first-order valence-electron chi connectivity index (χ1n) is 6.10. The second kappa shape index (κ2) is 4.70. The van der Waals surface area contributed by atoms with Gasteiger partial charge < -0.3 is 10.3 Å². The number of aromatic nitrogens is 2. The second-order valence-corrected chi connectivity index (χ2v) is 5.59. The Labute approximate surface area is 120 Å². The quantitative estimate of drug-likeness (QED) is 0.783. The van der Waals surface area contributed by atoms with Gasteiger partial charge in [-0.1, -0.05) is 34.1 Å². The van der Waals surface area contributed by atoms with Crippen molar-refractivity contribution in [3.63, 3.8) is 0 Å². The molecule has 2 N–H and O–H groups in total. The van der Waals surface area contributed by atoms with Gasteiger partial charge in [0, 0.05) is 4.47 Å². The monoisotopic (exact) mass is 315 g/mol. The van der Waals surface area contributed by atoms with E-state index in [4.69, 9.17) is 5.73 Å². The van der Waals surface area contributed by atoms with Crippen LogP contribution in [0.1, 0.15) is 11.1 Å². The van der Waals surface area contributed by atoms with E-state index in [1.165, 1.54) is 11.1 Å². The largest absolute Gasteiger partial charge is 0.369 e. The van der Waals surface area contributed by atoms with Gasteiger partial charge in [0.2, 0.25) is 5.95 Å². The van der Waals surface area contributed by atoms with Gasteiger partial charge in [0.25, 0.3) is 0 Å². The summed E-state index contributed by atoms with van der Waals surface area (Å²) >= 11 is 3.49. The molecule has 3 rings (SSSR count). The zero-order chi connectivity index (χ0) is 13.4. The Bertz CT molecular complexity index is 746. The Hall–Kier alpha value is -1.81. The number of benzene rings is 2. The van der Waals surface area contributed by atoms with Crippen LogP contribution < -0.4 is 5.73 Å². The Morgan fingerprint density at radius 1 is 1.21 bits per heavy atom. The second-order valence-electron chi connectivity index (χ2n) is 4.68. The zero-order valence-electron chi connectivity index (χ0n) is 10.6. The van der Waals surface area contributed by atoms with Crippen LogP contribution in [0.3, 0.4) is 0 Å². The molecule has 0 fully saturated rings. The number of hydrogen-bond acceptors (Lipinski definition) is 2. The fourth-order valence-electron chi connectivity index (χ4n) is 2.24. The number of rotatable bonds is 2. The van der Waals surface area contributed by atoms with Crippen molar-refractivity contribution in [2.24, 2.45) is 0 Å². The molecule has 0 bridgehead atoms. The van der Waals surface area contributed by atoms with Gasteiger partial charge in [-0.3, -0.25) is 0 Å². The third kappa shape index (κ3) is 2.36. The lowest BCUT2D eigenvalue weighted by molar-refractivity contribution is 0.838. The lowest BCUT2D eigenvalue weighted by Crippen LogP contribution is -2.04. The lowest BCUT2D eigenvalue weighted by atomic mass is 10.2. The Kier molecular flexibility index (Phi) is 3.03. The van der Waals surface area contributed by atoms with Crippen LogP contribution in [0.15, 0.2) is 46.9 Å². The number of nitrogens with zero attached hydrogens (tertiary/aromatic N) is 2. The number of hydrogen-bond donors (Lipinski definition) is 1. The molecule has 0 unspecified atom stereocenters. The topological polar surface area (TPSA) is 43.8 Å². The summed E-state index contributed by atoms with van der Waals surface area (Å²) in [4.78, 5) is 4.42. The van der Waals surface area contributed by atoms with E-state index in [1.54, 1.807) is 0 Å². The van der Waals surface area contributed by atoms with E-state index in [-0.39, 0.29) is 0 Å². The van der Waals surface area contributed by atoms with Crippen molar-refractivity contribution in [3.8, 4) is 0 Å². The summed E-state index contributed by atoms with van der Waals surface area (Å²) in [6, 6.07) is 14.4. The molecule has 0 aliphatic rings. The molecule has 4 heteroatoms. The van der Waals surface area contributed by atoms with E-state index < -0.39 is 0 Å². The SMILES string of the molecule is Cc1ccc2c(c1)nc(N)n2Cc1cccc(Br)c1. The van der Waals surface area contributed by atoms with Crippen LogP contribution in [0.2, 0.25) is 0 Å². The highest BCUT2D eigenvalue weighted by molar-refractivity contribution is 9.10. The summed E-state index contributed by atoms with van der Waals surface area (Å²) in [6.45, 7) is 2.79. The van der Waals surface area contributed by atoms with Crippen molar-refractivity contribution in [1.29, 1.82) is 0 Å². The molecule has 0 amide bonds. The van der Waals surface area contributed by atoms with Gasteiger partial charge in [0.1, 0.15) is 0 Å². The van der Waals surface area contributed by atoms with Crippen molar-refractivity contribution in [1.82, 2.24) is 9.55 Å². The van der Waals surface area contributed by atoms with Crippen LogP contribution in [0, 0.1) is 6.92 Å². The summed E-state index contributed by atoms with van der Waals surface area (Å²) in [5.41, 5.74) is 10.4. The van der Waals surface area contributed by atoms with E-state index >= 15 is 0 Å². The van der Waals surface area contributed by atoms with E-state index in [0.29, 0.717) is 5.95 Å². The number of nitrogen functional groups attached to an aromatic ring is 1. The molecule has 1 heterocycles. The highest BCUT2D eigenvalue weighted by Gasteiger charge is 2.08. The molecule has 96 valence electrons. The van der Waals surface area contributed by atoms with Gasteiger partial charge in [-0.15, -0.1) is 0 Å². The Balaban J connectivity index is 2.07. The third-order valence-corrected chi connectivity index (χ3v) is 3.66. The zero-order valence-corrected chi connectivity index (χ0v) is 12.2. The molecule has 0 saturated heterocycles. The van der Waals surface area contributed by atoms with Crippen LogP contribution in [-0.2, 0) is 6.54 Å². The van der Waals surface area contributed by atoms with Gasteiger partial charge in [-0.25, -0.2) is 4.98 Å². The molecule has 19 heavy (non-hydrogen) atoms. The molecule has 0 spiro atoms. The predicted octanol–water partition coefficient (Wildman–Crippen LogP) is 3.74. The van der Waals surface area contributed by atoms with Crippen LogP contribution in [0.25, 0.3) is 11.0 Å². The van der Waals surface area contributed by atoms with Gasteiger partial charge in [0.15, 0.2) is 0 Å². The number of imidazole rings is 1. The predicted molar refractivity (Wildman–Crippen MR) is 82.1 cm³/mol. The fourth-order valence-corrected chi connectivity index (χ4v) is 2.69. The Morgan fingerprint density at radius 2 is 2.05 bits per heavy atom. The molecule has 0 radical (unpaired) electrons. The van der Waals surface area contributed by atoms with E-state index in [2.05, 4.69) is 58.2 Å². The summed E-state index contributed by atoms with van der Waals surface area (Å²) in [7, 11) is 0. The van der Waals surface area contributed by atoms with Crippen molar-refractivity contribution >= 4 is 32.9 Å². The first kappa shape index (κ1) is 12.2. The molecule has 0 saturated carbocycles. The summed E-state index contributed by atoms with van der Waals surface area (Å²) in [5, 5.41) is 0. The minimum absolute atomic E-state index is 0.556. The number of fused-ring (bicyclic) bond motifs is 1. The van der Waals surface area contributed by atoms with Crippen molar-refractivity contribution in [3.05, 3.63) is 58.1 Å². The maximum atomic E-state index is 6.03. The van der Waals surface area contributed by atoms with Gasteiger partial charge in [0.05, 0.1) is 17.6 Å².